The molecule has 0 radical (unpaired) electrons. The molecule has 2 heterocycles. The Labute approximate surface area is 210 Å². The van der Waals surface area contributed by atoms with Crippen molar-refractivity contribution in [3.8, 4) is 11.3 Å². The molecule has 4 rings (SSSR count). The molecule has 0 aliphatic carbocycles. The Kier molecular flexibility index (Phi) is 8.21. The first-order valence-corrected chi connectivity index (χ1v) is 12.2. The van der Waals surface area contributed by atoms with Crippen LogP contribution in [0.5, 0.6) is 0 Å². The van der Waals surface area contributed by atoms with Gasteiger partial charge >= 0.3 is 0 Å². The third kappa shape index (κ3) is 6.71. The van der Waals surface area contributed by atoms with Gasteiger partial charge in [-0.1, -0.05) is 23.7 Å². The van der Waals surface area contributed by atoms with Crippen molar-refractivity contribution >= 4 is 29.1 Å². The van der Waals surface area contributed by atoms with E-state index in [2.05, 4.69) is 10.3 Å². The van der Waals surface area contributed by atoms with Crippen LogP contribution < -0.4 is 5.32 Å². The highest BCUT2D eigenvalue weighted by Crippen LogP contribution is 2.23. The summed E-state index contributed by atoms with van der Waals surface area (Å²) in [6.45, 7) is 5.01. The van der Waals surface area contributed by atoms with Crippen molar-refractivity contribution in [2.24, 2.45) is 0 Å². The number of amides is 2. The number of nitrogens with one attached hydrogen (secondary N) is 1. The molecule has 1 fully saturated rings. The lowest BCUT2D eigenvalue weighted by Gasteiger charge is -2.25. The zero-order chi connectivity index (χ0) is 24.8. The second-order valence-electron chi connectivity index (χ2n) is 8.83. The smallest absolute Gasteiger partial charge is 0.244 e. The molecule has 2 aromatic carbocycles. The molecule has 1 atom stereocenters. The molecule has 2 amide bonds. The molecule has 0 saturated carbocycles. The summed E-state index contributed by atoms with van der Waals surface area (Å²) >= 11 is 5.95. The Balaban J connectivity index is 1.38. The van der Waals surface area contributed by atoms with Gasteiger partial charge in [-0.05, 0) is 68.1 Å². The van der Waals surface area contributed by atoms with Crippen molar-refractivity contribution in [1.82, 2.24) is 9.88 Å². The Bertz CT molecular complexity index is 1170. The number of anilines is 1. The van der Waals surface area contributed by atoms with Gasteiger partial charge < -0.3 is 19.4 Å². The first kappa shape index (κ1) is 24.9. The van der Waals surface area contributed by atoms with Gasteiger partial charge in [-0.2, -0.15) is 0 Å². The number of hydrogen-bond donors (Lipinski definition) is 1. The van der Waals surface area contributed by atoms with E-state index in [0.717, 1.165) is 35.2 Å². The maximum Gasteiger partial charge on any atom is 0.244 e. The van der Waals surface area contributed by atoms with Gasteiger partial charge in [0.1, 0.15) is 0 Å². The molecule has 0 spiro atoms. The SMILES string of the molecule is Cc1cccc(NC(=O)CN(CC2CCCO2)C(=O)CCc2ncc(-c3ccc(Cl)cc3)o2)c1C. The maximum absolute atomic E-state index is 13.1. The molecule has 1 aromatic heterocycles. The van der Waals surface area contributed by atoms with Crippen molar-refractivity contribution in [1.29, 1.82) is 0 Å². The number of halogens is 1. The lowest BCUT2D eigenvalue weighted by molar-refractivity contribution is -0.136. The van der Waals surface area contributed by atoms with Gasteiger partial charge in [0.05, 0.1) is 18.8 Å². The first-order valence-electron chi connectivity index (χ1n) is 11.8. The number of carbonyl (C=O) groups is 2. The third-order valence-electron chi connectivity index (χ3n) is 6.25. The van der Waals surface area contributed by atoms with E-state index in [1.807, 2.05) is 44.2 Å². The van der Waals surface area contributed by atoms with Crippen LogP contribution in [0.1, 0.15) is 36.3 Å². The van der Waals surface area contributed by atoms with Crippen LogP contribution in [0.3, 0.4) is 0 Å². The maximum atomic E-state index is 13.1. The van der Waals surface area contributed by atoms with Gasteiger partial charge in [0, 0.05) is 42.3 Å². The Morgan fingerprint density at radius 1 is 1.17 bits per heavy atom. The van der Waals surface area contributed by atoms with Gasteiger partial charge in [0.2, 0.25) is 11.8 Å². The largest absolute Gasteiger partial charge is 0.441 e. The minimum atomic E-state index is -0.230. The van der Waals surface area contributed by atoms with E-state index in [0.29, 0.717) is 36.2 Å². The molecule has 8 heteroatoms. The van der Waals surface area contributed by atoms with E-state index in [4.69, 9.17) is 20.8 Å². The Morgan fingerprint density at radius 2 is 1.97 bits per heavy atom. The van der Waals surface area contributed by atoms with Crippen LogP contribution in [-0.2, 0) is 20.7 Å². The van der Waals surface area contributed by atoms with Crippen LogP contribution in [0.2, 0.25) is 5.02 Å². The highest BCUT2D eigenvalue weighted by atomic mass is 35.5. The highest BCUT2D eigenvalue weighted by molar-refractivity contribution is 6.30. The summed E-state index contributed by atoms with van der Waals surface area (Å²) in [4.78, 5) is 31.9. The van der Waals surface area contributed by atoms with Gasteiger partial charge in [0.15, 0.2) is 11.7 Å². The van der Waals surface area contributed by atoms with Crippen molar-refractivity contribution in [2.45, 2.75) is 45.6 Å². The van der Waals surface area contributed by atoms with Gasteiger partial charge in [-0.25, -0.2) is 4.98 Å². The highest BCUT2D eigenvalue weighted by Gasteiger charge is 2.25. The van der Waals surface area contributed by atoms with E-state index >= 15 is 0 Å². The molecule has 1 unspecified atom stereocenters. The fourth-order valence-electron chi connectivity index (χ4n) is 4.08. The zero-order valence-electron chi connectivity index (χ0n) is 20.1. The number of benzene rings is 2. The second kappa shape index (κ2) is 11.5. The summed E-state index contributed by atoms with van der Waals surface area (Å²) < 4.78 is 11.6. The minimum absolute atomic E-state index is 0.0340. The molecule has 1 saturated heterocycles. The number of hydrogen-bond acceptors (Lipinski definition) is 5. The molecule has 35 heavy (non-hydrogen) atoms. The Hall–Kier alpha value is -3.16. The van der Waals surface area contributed by atoms with Crippen molar-refractivity contribution in [3.63, 3.8) is 0 Å². The summed E-state index contributed by atoms with van der Waals surface area (Å²) in [7, 11) is 0. The van der Waals surface area contributed by atoms with Gasteiger partial charge in [-0.15, -0.1) is 0 Å². The van der Waals surface area contributed by atoms with Crippen molar-refractivity contribution in [3.05, 3.63) is 70.7 Å². The number of rotatable bonds is 9. The van der Waals surface area contributed by atoms with Crippen LogP contribution in [0, 0.1) is 13.8 Å². The van der Waals surface area contributed by atoms with E-state index in [1.165, 1.54) is 0 Å². The second-order valence-corrected chi connectivity index (χ2v) is 9.27. The summed E-state index contributed by atoms with van der Waals surface area (Å²) in [5, 5.41) is 3.59. The summed E-state index contributed by atoms with van der Waals surface area (Å²) in [6, 6.07) is 13.1. The molecule has 1 aliphatic rings. The molecule has 7 nitrogen and oxygen atoms in total. The predicted octanol–water partition coefficient (Wildman–Crippen LogP) is 5.19. The number of ether oxygens (including phenoxy) is 1. The fourth-order valence-corrected chi connectivity index (χ4v) is 4.21. The number of aryl methyl sites for hydroxylation is 2. The van der Waals surface area contributed by atoms with E-state index in [-0.39, 0.29) is 30.9 Å². The van der Waals surface area contributed by atoms with E-state index in [9.17, 15) is 9.59 Å². The lowest BCUT2D eigenvalue weighted by atomic mass is 10.1. The topological polar surface area (TPSA) is 84.7 Å². The molecular formula is C27H30ClN3O4. The standard InChI is InChI=1S/C27H30ClN3O4/c1-18-5-3-7-23(19(18)2)30-25(32)17-31(16-22-6-4-14-34-22)27(33)13-12-26-29-15-24(35-26)20-8-10-21(28)11-9-20/h3,5,7-11,15,22H,4,6,12-14,16-17H2,1-2H3,(H,30,32). The third-order valence-corrected chi connectivity index (χ3v) is 6.50. The summed E-state index contributed by atoms with van der Waals surface area (Å²) in [5.41, 5.74) is 3.73. The van der Waals surface area contributed by atoms with Crippen molar-refractivity contribution in [2.75, 3.05) is 25.0 Å². The van der Waals surface area contributed by atoms with Crippen LogP contribution >= 0.6 is 11.6 Å². The molecule has 0 bridgehead atoms. The van der Waals surface area contributed by atoms with Crippen LogP contribution in [-0.4, -0.2) is 47.5 Å². The normalized spacial score (nSPS) is 15.2. The molecular weight excluding hydrogens is 466 g/mol. The van der Waals surface area contributed by atoms with E-state index < -0.39 is 0 Å². The average Bonchev–Trinajstić information content (AvgIpc) is 3.53. The van der Waals surface area contributed by atoms with Crippen LogP contribution in [0.25, 0.3) is 11.3 Å². The minimum Gasteiger partial charge on any atom is -0.441 e. The number of nitrogens with zero attached hydrogens (tertiary/aromatic N) is 2. The summed E-state index contributed by atoms with van der Waals surface area (Å²) in [5.74, 6) is 0.725. The fraction of sp³-hybridized carbons (Fsp3) is 0.370. The first-order chi connectivity index (χ1) is 16.9. The summed E-state index contributed by atoms with van der Waals surface area (Å²) in [6.07, 6.45) is 3.96. The molecule has 3 aromatic rings. The molecule has 1 N–H and O–H groups in total. The monoisotopic (exact) mass is 495 g/mol. The number of carbonyl (C=O) groups excluding carboxylic acids is 2. The molecule has 1 aliphatic heterocycles. The number of aromatic nitrogens is 1. The average molecular weight is 496 g/mol. The quantitative estimate of drug-likeness (QED) is 0.441. The van der Waals surface area contributed by atoms with E-state index in [1.54, 1.807) is 23.2 Å². The zero-order valence-corrected chi connectivity index (χ0v) is 20.8. The van der Waals surface area contributed by atoms with Gasteiger partial charge in [0.25, 0.3) is 0 Å². The number of oxazole rings is 1. The molecule has 184 valence electrons. The lowest BCUT2D eigenvalue weighted by Crippen LogP contribution is -2.42. The van der Waals surface area contributed by atoms with Crippen LogP contribution in [0.4, 0.5) is 5.69 Å². The van der Waals surface area contributed by atoms with Crippen molar-refractivity contribution < 1.29 is 18.7 Å². The Morgan fingerprint density at radius 3 is 2.71 bits per heavy atom. The van der Waals surface area contributed by atoms with Gasteiger partial charge in [-0.3, -0.25) is 9.59 Å². The van der Waals surface area contributed by atoms with Crippen LogP contribution in [0.15, 0.2) is 53.1 Å². The predicted molar refractivity (Wildman–Crippen MR) is 135 cm³/mol.